The van der Waals surface area contributed by atoms with Gasteiger partial charge in [-0.15, -0.1) is 0 Å². The Labute approximate surface area is 117 Å². The third-order valence-corrected chi connectivity index (χ3v) is 3.55. The summed E-state index contributed by atoms with van der Waals surface area (Å²) in [5.41, 5.74) is 2.36. The Morgan fingerprint density at radius 3 is 2.50 bits per heavy atom. The molecule has 0 fully saturated rings. The van der Waals surface area contributed by atoms with E-state index in [2.05, 4.69) is 20.9 Å². The highest BCUT2D eigenvalue weighted by Gasteiger charge is 2.08. The lowest BCUT2D eigenvalue weighted by Crippen LogP contribution is -1.79. The number of nitrogens with one attached hydrogen (secondary N) is 1. The van der Waals surface area contributed by atoms with Crippen LogP contribution in [0.2, 0.25) is 5.02 Å². The molecule has 0 aliphatic rings. The van der Waals surface area contributed by atoms with Crippen molar-refractivity contribution in [2.75, 3.05) is 0 Å². The molecular weight excluding hydrogens is 317 g/mol. The molecule has 0 aliphatic heterocycles. The zero-order chi connectivity index (χ0) is 12.7. The first kappa shape index (κ1) is 11.8. The van der Waals surface area contributed by atoms with E-state index < -0.39 is 0 Å². The summed E-state index contributed by atoms with van der Waals surface area (Å²) in [6, 6.07) is 12.8. The van der Waals surface area contributed by atoms with E-state index in [1.165, 1.54) is 6.07 Å². The highest BCUT2D eigenvalue weighted by molar-refractivity contribution is 9.10. The normalized spacial score (nSPS) is 11.1. The van der Waals surface area contributed by atoms with Crippen LogP contribution in [0.3, 0.4) is 0 Å². The summed E-state index contributed by atoms with van der Waals surface area (Å²) in [5, 5.41) is 1.18. The summed E-state index contributed by atoms with van der Waals surface area (Å²) < 4.78 is 14.7. The molecule has 0 saturated heterocycles. The molecule has 0 radical (unpaired) electrons. The first-order valence-corrected chi connectivity index (χ1v) is 6.54. The Hall–Kier alpha value is -1.32. The SMILES string of the molecule is Fc1cc(Cl)cc2cc(-c3ccc(Br)cc3)[nH]c12. The maximum atomic E-state index is 13.7. The fraction of sp³-hybridized carbons (Fsp3) is 0. The number of aromatic amines is 1. The average Bonchev–Trinajstić information content (AvgIpc) is 2.74. The summed E-state index contributed by atoms with van der Waals surface area (Å²) >= 11 is 9.23. The number of hydrogen-bond acceptors (Lipinski definition) is 0. The van der Waals surface area contributed by atoms with Crippen LogP contribution in [0.15, 0.2) is 46.9 Å². The molecule has 90 valence electrons. The van der Waals surface area contributed by atoms with Gasteiger partial charge in [0, 0.05) is 20.6 Å². The van der Waals surface area contributed by atoms with Crippen molar-refractivity contribution < 1.29 is 4.39 Å². The van der Waals surface area contributed by atoms with Gasteiger partial charge >= 0.3 is 0 Å². The summed E-state index contributed by atoms with van der Waals surface area (Å²) in [6.07, 6.45) is 0. The van der Waals surface area contributed by atoms with Crippen LogP contribution in [0.5, 0.6) is 0 Å². The van der Waals surface area contributed by atoms with Crippen LogP contribution >= 0.6 is 27.5 Å². The van der Waals surface area contributed by atoms with Crippen molar-refractivity contribution >= 4 is 38.4 Å². The monoisotopic (exact) mass is 323 g/mol. The predicted octanol–water partition coefficient (Wildman–Crippen LogP) is 5.39. The van der Waals surface area contributed by atoms with Crippen molar-refractivity contribution in [3.8, 4) is 11.3 Å². The van der Waals surface area contributed by atoms with Gasteiger partial charge in [-0.1, -0.05) is 39.7 Å². The van der Waals surface area contributed by atoms with Crippen LogP contribution in [-0.2, 0) is 0 Å². The Morgan fingerprint density at radius 1 is 1.06 bits per heavy atom. The molecule has 0 unspecified atom stereocenters. The standard InChI is InChI=1S/C14H8BrClFN/c15-10-3-1-8(2-4-10)13-6-9-5-11(16)7-12(17)14(9)18-13/h1-7,18H. The second-order valence-corrected chi connectivity index (χ2v) is 5.39. The fourth-order valence-corrected chi connectivity index (χ4v) is 2.43. The van der Waals surface area contributed by atoms with Crippen molar-refractivity contribution in [1.29, 1.82) is 0 Å². The number of benzene rings is 2. The predicted molar refractivity (Wildman–Crippen MR) is 76.4 cm³/mol. The number of rotatable bonds is 1. The van der Waals surface area contributed by atoms with Gasteiger partial charge in [0.05, 0.1) is 5.52 Å². The molecule has 3 aromatic rings. The van der Waals surface area contributed by atoms with Gasteiger partial charge in [-0.2, -0.15) is 0 Å². The molecule has 0 spiro atoms. The number of H-pyrrole nitrogens is 1. The van der Waals surface area contributed by atoms with Crippen molar-refractivity contribution in [3.63, 3.8) is 0 Å². The van der Waals surface area contributed by atoms with E-state index in [0.717, 1.165) is 21.1 Å². The lowest BCUT2D eigenvalue weighted by molar-refractivity contribution is 0.637. The summed E-state index contributed by atoms with van der Waals surface area (Å²) in [5.74, 6) is -0.333. The Bertz CT molecular complexity index is 718. The minimum absolute atomic E-state index is 0.333. The zero-order valence-electron chi connectivity index (χ0n) is 9.18. The van der Waals surface area contributed by atoms with Gasteiger partial charge in [0.1, 0.15) is 5.82 Å². The highest BCUT2D eigenvalue weighted by Crippen LogP contribution is 2.28. The maximum absolute atomic E-state index is 13.7. The van der Waals surface area contributed by atoms with Gasteiger partial charge in [0.15, 0.2) is 0 Å². The van der Waals surface area contributed by atoms with E-state index in [4.69, 9.17) is 11.6 Å². The molecule has 4 heteroatoms. The van der Waals surface area contributed by atoms with Gasteiger partial charge < -0.3 is 4.98 Å². The molecule has 0 atom stereocenters. The van der Waals surface area contributed by atoms with Crippen molar-refractivity contribution in [2.24, 2.45) is 0 Å². The Kier molecular flexibility index (Phi) is 2.88. The largest absolute Gasteiger partial charge is 0.352 e. The van der Waals surface area contributed by atoms with Crippen molar-refractivity contribution in [3.05, 3.63) is 57.8 Å². The van der Waals surface area contributed by atoms with Crippen molar-refractivity contribution in [1.82, 2.24) is 4.98 Å². The topological polar surface area (TPSA) is 15.8 Å². The first-order valence-electron chi connectivity index (χ1n) is 5.37. The van der Waals surface area contributed by atoms with Gasteiger partial charge in [0.25, 0.3) is 0 Å². The van der Waals surface area contributed by atoms with E-state index in [1.54, 1.807) is 6.07 Å². The van der Waals surface area contributed by atoms with E-state index in [1.807, 2.05) is 30.3 Å². The molecular formula is C14H8BrClFN. The molecule has 0 saturated carbocycles. The van der Waals surface area contributed by atoms with Crippen LogP contribution in [0, 0.1) is 5.82 Å². The van der Waals surface area contributed by atoms with Crippen LogP contribution in [-0.4, -0.2) is 4.98 Å². The van der Waals surface area contributed by atoms with Gasteiger partial charge in [-0.3, -0.25) is 0 Å². The second kappa shape index (κ2) is 4.41. The third-order valence-electron chi connectivity index (χ3n) is 2.80. The van der Waals surface area contributed by atoms with Crippen LogP contribution < -0.4 is 0 Å². The molecule has 2 aromatic carbocycles. The molecule has 1 aromatic heterocycles. The van der Waals surface area contributed by atoms with E-state index in [9.17, 15) is 4.39 Å². The first-order chi connectivity index (χ1) is 8.63. The number of hydrogen-bond donors (Lipinski definition) is 1. The van der Waals surface area contributed by atoms with Crippen molar-refractivity contribution in [2.45, 2.75) is 0 Å². The Balaban J connectivity index is 2.19. The molecule has 0 amide bonds. The zero-order valence-corrected chi connectivity index (χ0v) is 11.5. The summed E-state index contributed by atoms with van der Waals surface area (Å²) in [6.45, 7) is 0. The molecule has 3 rings (SSSR count). The second-order valence-electron chi connectivity index (χ2n) is 4.04. The molecule has 18 heavy (non-hydrogen) atoms. The van der Waals surface area contributed by atoms with E-state index in [-0.39, 0.29) is 5.82 Å². The maximum Gasteiger partial charge on any atom is 0.148 e. The Morgan fingerprint density at radius 2 is 1.78 bits per heavy atom. The summed E-state index contributed by atoms with van der Waals surface area (Å²) in [4.78, 5) is 3.08. The number of halogens is 3. The van der Waals surface area contributed by atoms with Crippen LogP contribution in [0.1, 0.15) is 0 Å². The molecule has 0 bridgehead atoms. The van der Waals surface area contributed by atoms with Gasteiger partial charge in [0.2, 0.25) is 0 Å². The molecule has 1 N–H and O–H groups in total. The fourth-order valence-electron chi connectivity index (χ4n) is 1.95. The van der Waals surface area contributed by atoms with Gasteiger partial charge in [-0.05, 0) is 35.9 Å². The molecule has 1 heterocycles. The van der Waals surface area contributed by atoms with Gasteiger partial charge in [-0.25, -0.2) is 4.39 Å². The summed E-state index contributed by atoms with van der Waals surface area (Å²) in [7, 11) is 0. The van der Waals surface area contributed by atoms with Crippen LogP contribution in [0.25, 0.3) is 22.2 Å². The quantitative estimate of drug-likeness (QED) is 0.617. The third kappa shape index (κ3) is 2.04. The number of fused-ring (bicyclic) bond motifs is 1. The lowest BCUT2D eigenvalue weighted by atomic mass is 10.1. The minimum Gasteiger partial charge on any atom is -0.352 e. The molecule has 1 nitrogen and oxygen atoms in total. The van der Waals surface area contributed by atoms with E-state index >= 15 is 0 Å². The van der Waals surface area contributed by atoms with Crippen LogP contribution in [0.4, 0.5) is 4.39 Å². The highest BCUT2D eigenvalue weighted by atomic mass is 79.9. The lowest BCUT2D eigenvalue weighted by Gasteiger charge is -1.97. The average molecular weight is 325 g/mol. The number of aromatic nitrogens is 1. The van der Waals surface area contributed by atoms with E-state index in [0.29, 0.717) is 10.5 Å². The minimum atomic E-state index is -0.333. The smallest absolute Gasteiger partial charge is 0.148 e. The molecule has 0 aliphatic carbocycles.